The number of halogens is 1. The van der Waals surface area contributed by atoms with E-state index >= 15 is 0 Å². The Hall–Kier alpha value is -3.74. The molecule has 1 atom stereocenters. The van der Waals surface area contributed by atoms with Crippen molar-refractivity contribution in [3.8, 4) is 11.3 Å². The SMILES string of the molecule is Cc1ccc(CNC(=O)C2CCCN(c3nccn4nc(-c5ccc(F)cc5)cc34)C2)cc1. The van der Waals surface area contributed by atoms with Crippen LogP contribution in [-0.4, -0.2) is 33.6 Å². The van der Waals surface area contributed by atoms with Crippen LogP contribution in [0.2, 0.25) is 0 Å². The molecule has 3 heterocycles. The largest absolute Gasteiger partial charge is 0.354 e. The average Bonchev–Trinajstić information content (AvgIpc) is 3.28. The molecule has 0 aliphatic carbocycles. The number of nitrogens with one attached hydrogen (secondary N) is 1. The highest BCUT2D eigenvalue weighted by atomic mass is 19.1. The van der Waals surface area contributed by atoms with Crippen LogP contribution in [0.5, 0.6) is 0 Å². The zero-order chi connectivity index (χ0) is 22.8. The van der Waals surface area contributed by atoms with Crippen LogP contribution in [0.3, 0.4) is 0 Å². The number of fused-ring (bicyclic) bond motifs is 1. The molecule has 2 aromatic carbocycles. The number of rotatable bonds is 5. The number of hydrogen-bond acceptors (Lipinski definition) is 4. The summed E-state index contributed by atoms with van der Waals surface area (Å²) in [5.74, 6) is 0.526. The Morgan fingerprint density at radius 2 is 1.94 bits per heavy atom. The van der Waals surface area contributed by atoms with Crippen molar-refractivity contribution in [2.45, 2.75) is 26.3 Å². The zero-order valence-electron chi connectivity index (χ0n) is 18.5. The maximum atomic E-state index is 13.3. The van der Waals surface area contributed by atoms with E-state index in [-0.39, 0.29) is 17.6 Å². The van der Waals surface area contributed by atoms with Crippen molar-refractivity contribution in [2.24, 2.45) is 5.92 Å². The molecule has 1 aliphatic heterocycles. The quantitative estimate of drug-likeness (QED) is 0.497. The first-order valence-corrected chi connectivity index (χ1v) is 11.3. The van der Waals surface area contributed by atoms with Crippen LogP contribution in [0.4, 0.5) is 10.2 Å². The molecule has 1 aliphatic rings. The fourth-order valence-corrected chi connectivity index (χ4v) is 4.34. The normalized spacial score (nSPS) is 16.2. The van der Waals surface area contributed by atoms with E-state index in [1.165, 1.54) is 17.7 Å². The number of carbonyl (C=O) groups excluding carboxylic acids is 1. The minimum Gasteiger partial charge on any atom is -0.354 e. The molecule has 1 amide bonds. The highest BCUT2D eigenvalue weighted by Crippen LogP contribution is 2.28. The van der Waals surface area contributed by atoms with E-state index < -0.39 is 0 Å². The van der Waals surface area contributed by atoms with E-state index in [4.69, 9.17) is 0 Å². The Morgan fingerprint density at radius 1 is 1.15 bits per heavy atom. The third-order valence-corrected chi connectivity index (χ3v) is 6.19. The Balaban J connectivity index is 1.32. The summed E-state index contributed by atoms with van der Waals surface area (Å²) in [4.78, 5) is 19.7. The van der Waals surface area contributed by atoms with Gasteiger partial charge in [0.25, 0.3) is 0 Å². The van der Waals surface area contributed by atoms with Crippen molar-refractivity contribution in [3.05, 3.63) is 83.9 Å². The van der Waals surface area contributed by atoms with Crippen LogP contribution in [-0.2, 0) is 11.3 Å². The summed E-state index contributed by atoms with van der Waals surface area (Å²) in [6.45, 7) is 4.04. The maximum absolute atomic E-state index is 13.3. The highest BCUT2D eigenvalue weighted by molar-refractivity contribution is 5.81. The number of anilines is 1. The van der Waals surface area contributed by atoms with E-state index in [0.29, 0.717) is 13.1 Å². The second-order valence-corrected chi connectivity index (χ2v) is 8.61. The lowest BCUT2D eigenvalue weighted by molar-refractivity contribution is -0.125. The van der Waals surface area contributed by atoms with Crippen molar-refractivity contribution in [1.82, 2.24) is 19.9 Å². The fraction of sp³-hybridized carbons (Fsp3) is 0.269. The molecule has 1 unspecified atom stereocenters. The lowest BCUT2D eigenvalue weighted by Gasteiger charge is -2.33. The minimum atomic E-state index is -0.273. The molecule has 5 rings (SSSR count). The molecule has 0 bridgehead atoms. The number of piperidine rings is 1. The van der Waals surface area contributed by atoms with Crippen molar-refractivity contribution < 1.29 is 9.18 Å². The maximum Gasteiger partial charge on any atom is 0.225 e. The van der Waals surface area contributed by atoms with E-state index in [1.54, 1.807) is 22.8 Å². The molecule has 7 heteroatoms. The molecule has 0 radical (unpaired) electrons. The van der Waals surface area contributed by atoms with E-state index in [1.807, 2.05) is 24.4 Å². The third kappa shape index (κ3) is 4.58. The summed E-state index contributed by atoms with van der Waals surface area (Å²) in [6.07, 6.45) is 5.32. The molecule has 4 aromatic rings. The van der Waals surface area contributed by atoms with E-state index in [0.717, 1.165) is 47.5 Å². The molecular formula is C26H26FN5O. The van der Waals surface area contributed by atoms with Crippen LogP contribution >= 0.6 is 0 Å². The van der Waals surface area contributed by atoms with Crippen molar-refractivity contribution >= 4 is 17.2 Å². The number of hydrogen-bond donors (Lipinski definition) is 1. The Morgan fingerprint density at radius 3 is 2.73 bits per heavy atom. The van der Waals surface area contributed by atoms with E-state index in [2.05, 4.69) is 39.4 Å². The lowest BCUT2D eigenvalue weighted by Crippen LogP contribution is -2.43. The number of nitrogens with zero attached hydrogens (tertiary/aromatic N) is 4. The zero-order valence-corrected chi connectivity index (χ0v) is 18.5. The fourth-order valence-electron chi connectivity index (χ4n) is 4.34. The van der Waals surface area contributed by atoms with Crippen molar-refractivity contribution in [1.29, 1.82) is 0 Å². The predicted molar refractivity (Wildman–Crippen MR) is 126 cm³/mol. The molecule has 0 spiro atoms. The van der Waals surface area contributed by atoms with Gasteiger partial charge in [-0.2, -0.15) is 5.10 Å². The molecule has 1 fully saturated rings. The second kappa shape index (κ2) is 9.02. The van der Waals surface area contributed by atoms with Crippen molar-refractivity contribution in [2.75, 3.05) is 18.0 Å². The van der Waals surface area contributed by atoms with Gasteiger partial charge in [-0.15, -0.1) is 0 Å². The van der Waals surface area contributed by atoms with Gasteiger partial charge < -0.3 is 10.2 Å². The molecule has 0 saturated carbocycles. The van der Waals surface area contributed by atoms with Crippen LogP contribution in [0.15, 0.2) is 67.0 Å². The summed E-state index contributed by atoms with van der Waals surface area (Å²) in [5, 5.41) is 7.73. The summed E-state index contributed by atoms with van der Waals surface area (Å²) in [5.41, 5.74) is 4.78. The highest BCUT2D eigenvalue weighted by Gasteiger charge is 2.27. The topological polar surface area (TPSA) is 62.5 Å². The molecular weight excluding hydrogens is 417 g/mol. The standard InChI is InChI=1S/C26H26FN5O/c1-18-4-6-19(7-5-18)16-29-26(33)21-3-2-13-31(17-21)25-24-15-23(30-32(24)14-12-28-25)20-8-10-22(27)11-9-20/h4-12,14-15,21H,2-3,13,16-17H2,1H3,(H,29,33). The lowest BCUT2D eigenvalue weighted by atomic mass is 9.97. The summed E-state index contributed by atoms with van der Waals surface area (Å²) >= 11 is 0. The van der Waals surface area contributed by atoms with Gasteiger partial charge in [0.15, 0.2) is 5.82 Å². The number of aromatic nitrogens is 3. The first-order valence-electron chi connectivity index (χ1n) is 11.3. The molecule has 1 saturated heterocycles. The number of aryl methyl sites for hydroxylation is 1. The number of benzene rings is 2. The van der Waals surface area contributed by atoms with E-state index in [9.17, 15) is 9.18 Å². The van der Waals surface area contributed by atoms with Gasteiger partial charge in [-0.05, 0) is 55.7 Å². The Labute approximate surface area is 192 Å². The van der Waals surface area contributed by atoms with Gasteiger partial charge in [0.2, 0.25) is 5.91 Å². The van der Waals surface area contributed by atoms with Crippen LogP contribution in [0.1, 0.15) is 24.0 Å². The monoisotopic (exact) mass is 443 g/mol. The third-order valence-electron chi connectivity index (χ3n) is 6.19. The number of amides is 1. The van der Waals surface area contributed by atoms with Gasteiger partial charge in [-0.25, -0.2) is 13.9 Å². The molecule has 168 valence electrons. The summed E-state index contributed by atoms with van der Waals surface area (Å²) in [7, 11) is 0. The predicted octanol–water partition coefficient (Wildman–Crippen LogP) is 4.38. The van der Waals surface area contributed by atoms with Gasteiger partial charge in [-0.3, -0.25) is 4.79 Å². The molecule has 33 heavy (non-hydrogen) atoms. The average molecular weight is 444 g/mol. The van der Waals surface area contributed by atoms with Crippen LogP contribution in [0.25, 0.3) is 16.8 Å². The van der Waals surface area contributed by atoms with Gasteiger partial charge in [0.05, 0.1) is 11.6 Å². The molecule has 1 N–H and O–H groups in total. The Bertz CT molecular complexity index is 1270. The second-order valence-electron chi connectivity index (χ2n) is 8.61. The Kier molecular flexibility index (Phi) is 5.77. The number of carbonyl (C=O) groups is 1. The molecule has 6 nitrogen and oxygen atoms in total. The van der Waals surface area contributed by atoms with Crippen LogP contribution < -0.4 is 10.2 Å². The van der Waals surface area contributed by atoms with Crippen molar-refractivity contribution in [3.63, 3.8) is 0 Å². The minimum absolute atomic E-state index is 0.0766. The summed E-state index contributed by atoms with van der Waals surface area (Å²) in [6, 6.07) is 16.5. The van der Waals surface area contributed by atoms with Crippen LogP contribution in [0, 0.1) is 18.7 Å². The first kappa shape index (κ1) is 21.1. The van der Waals surface area contributed by atoms with Gasteiger partial charge in [0.1, 0.15) is 11.3 Å². The first-order chi connectivity index (χ1) is 16.1. The smallest absolute Gasteiger partial charge is 0.225 e. The van der Waals surface area contributed by atoms with Gasteiger partial charge in [0, 0.05) is 37.6 Å². The molecule has 2 aromatic heterocycles. The summed E-state index contributed by atoms with van der Waals surface area (Å²) < 4.78 is 15.1. The van der Waals surface area contributed by atoms with Gasteiger partial charge in [-0.1, -0.05) is 29.8 Å². The van der Waals surface area contributed by atoms with Gasteiger partial charge >= 0.3 is 0 Å².